The van der Waals surface area contributed by atoms with Crippen LogP contribution >= 0.6 is 11.6 Å². The van der Waals surface area contributed by atoms with Crippen LogP contribution in [-0.4, -0.2) is 39.5 Å². The molecule has 0 fully saturated rings. The standard InChI is InChI=1S/C5H11ClO3S/c1-10(7,8)5-4-9-3-2-6/h2-5H2,1H3. The van der Waals surface area contributed by atoms with Crippen molar-refractivity contribution in [3.05, 3.63) is 0 Å². The van der Waals surface area contributed by atoms with Crippen molar-refractivity contribution in [1.29, 1.82) is 0 Å². The summed E-state index contributed by atoms with van der Waals surface area (Å²) in [6.45, 7) is 0.655. The molecule has 0 aliphatic rings. The molecule has 0 radical (unpaired) electrons. The van der Waals surface area contributed by atoms with Gasteiger partial charge >= 0.3 is 0 Å². The minimum Gasteiger partial charge on any atom is -0.379 e. The van der Waals surface area contributed by atoms with E-state index in [1.54, 1.807) is 0 Å². The van der Waals surface area contributed by atoms with Crippen molar-refractivity contribution in [3.8, 4) is 0 Å². The van der Waals surface area contributed by atoms with Gasteiger partial charge in [0.15, 0.2) is 0 Å². The van der Waals surface area contributed by atoms with Crippen LogP contribution < -0.4 is 0 Å². The van der Waals surface area contributed by atoms with E-state index < -0.39 is 9.84 Å². The van der Waals surface area contributed by atoms with Crippen LogP contribution in [0.4, 0.5) is 0 Å². The zero-order valence-electron chi connectivity index (χ0n) is 5.84. The molecule has 0 rings (SSSR count). The lowest BCUT2D eigenvalue weighted by Crippen LogP contribution is -2.10. The van der Waals surface area contributed by atoms with E-state index in [0.29, 0.717) is 12.5 Å². The van der Waals surface area contributed by atoms with Crippen LogP contribution in [0.5, 0.6) is 0 Å². The average Bonchev–Trinajstić information content (AvgIpc) is 1.78. The minimum absolute atomic E-state index is 0.0733. The third-order valence-corrected chi connectivity index (χ3v) is 1.88. The number of halogens is 1. The molecular formula is C5H11ClO3S. The molecule has 0 aromatic heterocycles. The molecule has 0 spiro atoms. The quantitative estimate of drug-likeness (QED) is 0.458. The fourth-order valence-corrected chi connectivity index (χ4v) is 0.897. The van der Waals surface area contributed by atoms with Crippen LogP contribution in [0.3, 0.4) is 0 Å². The monoisotopic (exact) mass is 186 g/mol. The van der Waals surface area contributed by atoms with Crippen LogP contribution in [0, 0.1) is 0 Å². The lowest BCUT2D eigenvalue weighted by molar-refractivity contribution is 0.165. The SMILES string of the molecule is CS(=O)(=O)CCOCCCl. The van der Waals surface area contributed by atoms with Gasteiger partial charge in [0.2, 0.25) is 0 Å². The minimum atomic E-state index is -2.87. The molecule has 0 heterocycles. The Kier molecular flexibility index (Phi) is 5.03. The van der Waals surface area contributed by atoms with Gasteiger partial charge in [-0.25, -0.2) is 8.42 Å². The summed E-state index contributed by atoms with van der Waals surface area (Å²) in [4.78, 5) is 0. The second kappa shape index (κ2) is 4.93. The molecule has 0 aromatic rings. The Hall–Kier alpha value is 0.200. The number of rotatable bonds is 5. The smallest absolute Gasteiger partial charge is 0.149 e. The highest BCUT2D eigenvalue weighted by Gasteiger charge is 1.99. The van der Waals surface area contributed by atoms with Crippen LogP contribution in [0.2, 0.25) is 0 Å². The summed E-state index contributed by atoms with van der Waals surface area (Å²) in [5.41, 5.74) is 0. The van der Waals surface area contributed by atoms with Crippen molar-refractivity contribution >= 4 is 21.4 Å². The summed E-state index contributed by atoms with van der Waals surface area (Å²) < 4.78 is 25.8. The number of hydrogen-bond acceptors (Lipinski definition) is 3. The second-order valence-electron chi connectivity index (χ2n) is 1.93. The molecule has 3 nitrogen and oxygen atoms in total. The van der Waals surface area contributed by atoms with Gasteiger partial charge in [-0.3, -0.25) is 0 Å². The molecule has 0 saturated heterocycles. The van der Waals surface area contributed by atoms with Gasteiger partial charge in [-0.2, -0.15) is 0 Å². The van der Waals surface area contributed by atoms with E-state index in [4.69, 9.17) is 16.3 Å². The zero-order valence-corrected chi connectivity index (χ0v) is 7.41. The fourth-order valence-electron chi connectivity index (χ4n) is 0.367. The molecule has 0 amide bonds. The first-order valence-electron chi connectivity index (χ1n) is 2.87. The van der Waals surface area contributed by atoms with Crippen molar-refractivity contribution in [2.75, 3.05) is 31.1 Å². The molecule has 0 bridgehead atoms. The van der Waals surface area contributed by atoms with Gasteiger partial charge in [0, 0.05) is 12.1 Å². The Morgan fingerprint density at radius 2 is 2.00 bits per heavy atom. The van der Waals surface area contributed by atoms with Gasteiger partial charge in [-0.15, -0.1) is 11.6 Å². The van der Waals surface area contributed by atoms with Crippen LogP contribution in [0.25, 0.3) is 0 Å². The van der Waals surface area contributed by atoms with Crippen molar-refractivity contribution in [2.45, 2.75) is 0 Å². The predicted octanol–water partition coefficient (Wildman–Crippen LogP) is 0.286. The number of ether oxygens (including phenoxy) is 1. The van der Waals surface area contributed by atoms with E-state index in [-0.39, 0.29) is 12.4 Å². The van der Waals surface area contributed by atoms with Crippen molar-refractivity contribution in [2.24, 2.45) is 0 Å². The summed E-state index contributed by atoms with van der Waals surface area (Å²) in [5.74, 6) is 0.480. The maximum Gasteiger partial charge on any atom is 0.149 e. The Labute approximate surface area is 66.2 Å². The van der Waals surface area contributed by atoms with Crippen LogP contribution in [-0.2, 0) is 14.6 Å². The van der Waals surface area contributed by atoms with E-state index in [0.717, 1.165) is 0 Å². The van der Waals surface area contributed by atoms with E-state index in [9.17, 15) is 8.42 Å². The molecule has 0 aliphatic carbocycles. The first-order valence-corrected chi connectivity index (χ1v) is 5.47. The van der Waals surface area contributed by atoms with Gasteiger partial charge in [-0.05, 0) is 0 Å². The summed E-state index contributed by atoms with van der Waals surface area (Å²) in [6.07, 6.45) is 1.18. The molecule has 0 saturated carbocycles. The summed E-state index contributed by atoms with van der Waals surface area (Å²) >= 11 is 5.28. The zero-order chi connectivity index (χ0) is 8.04. The normalized spacial score (nSPS) is 11.8. The largest absolute Gasteiger partial charge is 0.379 e. The van der Waals surface area contributed by atoms with E-state index in [1.807, 2.05) is 0 Å². The molecule has 0 aliphatic heterocycles. The molecule has 0 unspecified atom stereocenters. The molecule has 0 N–H and O–H groups in total. The van der Waals surface area contributed by atoms with Crippen molar-refractivity contribution in [1.82, 2.24) is 0 Å². The first-order chi connectivity index (χ1) is 4.56. The molecule has 5 heteroatoms. The molecule has 62 valence electrons. The first kappa shape index (κ1) is 10.2. The fraction of sp³-hybridized carbons (Fsp3) is 1.00. The molecule has 0 aromatic carbocycles. The summed E-state index contributed by atoms with van der Waals surface area (Å²) in [7, 11) is -2.87. The third-order valence-electron chi connectivity index (χ3n) is 0.820. The average molecular weight is 187 g/mol. The lowest BCUT2D eigenvalue weighted by atomic mass is 10.8. The lowest BCUT2D eigenvalue weighted by Gasteiger charge is -1.98. The van der Waals surface area contributed by atoms with Gasteiger partial charge < -0.3 is 4.74 Å². The second-order valence-corrected chi connectivity index (χ2v) is 4.57. The molecular weight excluding hydrogens is 176 g/mol. The Bertz CT molecular complexity index is 164. The van der Waals surface area contributed by atoms with E-state index >= 15 is 0 Å². The highest BCUT2D eigenvalue weighted by Crippen LogP contribution is 1.84. The van der Waals surface area contributed by atoms with Crippen LogP contribution in [0.15, 0.2) is 0 Å². The maximum absolute atomic E-state index is 10.5. The van der Waals surface area contributed by atoms with E-state index in [1.165, 1.54) is 6.26 Å². The molecule has 10 heavy (non-hydrogen) atoms. The summed E-state index contributed by atoms with van der Waals surface area (Å²) in [6, 6.07) is 0. The van der Waals surface area contributed by atoms with Gasteiger partial charge in [0.05, 0.1) is 19.0 Å². The highest BCUT2D eigenvalue weighted by atomic mass is 35.5. The number of alkyl halides is 1. The Morgan fingerprint density at radius 1 is 1.40 bits per heavy atom. The number of sulfone groups is 1. The van der Waals surface area contributed by atoms with Gasteiger partial charge in [0.1, 0.15) is 9.84 Å². The van der Waals surface area contributed by atoms with Crippen LogP contribution in [0.1, 0.15) is 0 Å². The molecule has 0 atom stereocenters. The third kappa shape index (κ3) is 8.20. The van der Waals surface area contributed by atoms with Gasteiger partial charge in [-0.1, -0.05) is 0 Å². The van der Waals surface area contributed by atoms with Crippen molar-refractivity contribution < 1.29 is 13.2 Å². The Balaban J connectivity index is 3.21. The van der Waals surface area contributed by atoms with Gasteiger partial charge in [0.25, 0.3) is 0 Å². The Morgan fingerprint density at radius 3 is 2.40 bits per heavy atom. The summed E-state index contributed by atoms with van der Waals surface area (Å²) in [5, 5.41) is 0. The topological polar surface area (TPSA) is 43.4 Å². The van der Waals surface area contributed by atoms with Crippen molar-refractivity contribution in [3.63, 3.8) is 0 Å². The highest BCUT2D eigenvalue weighted by molar-refractivity contribution is 7.90. The predicted molar refractivity (Wildman–Crippen MR) is 41.2 cm³/mol. The van der Waals surface area contributed by atoms with E-state index in [2.05, 4.69) is 0 Å². The maximum atomic E-state index is 10.5. The number of hydrogen-bond donors (Lipinski definition) is 0.